The van der Waals surface area contributed by atoms with Gasteiger partial charge in [0.1, 0.15) is 23.7 Å². The maximum Gasteiger partial charge on any atom is 0.176 e. The minimum atomic E-state index is -0.0406. The number of fused-ring (bicyclic) bond motifs is 1. The van der Waals surface area contributed by atoms with E-state index in [0.29, 0.717) is 11.6 Å². The average molecular weight is 336 g/mol. The van der Waals surface area contributed by atoms with Gasteiger partial charge in [-0.15, -0.1) is 4.80 Å². The molecule has 0 saturated carbocycles. The van der Waals surface area contributed by atoms with Gasteiger partial charge in [-0.05, 0) is 12.1 Å². The molecule has 0 amide bonds. The fourth-order valence-corrected chi connectivity index (χ4v) is 2.70. The van der Waals surface area contributed by atoms with E-state index < -0.39 is 0 Å². The largest absolute Gasteiger partial charge is 0.490 e. The van der Waals surface area contributed by atoms with Gasteiger partial charge in [0, 0.05) is 13.1 Å². The summed E-state index contributed by atoms with van der Waals surface area (Å²) in [7, 11) is 1.94. The number of rotatable bonds is 5. The zero-order chi connectivity index (χ0) is 17.2. The summed E-state index contributed by atoms with van der Waals surface area (Å²) in [4.78, 5) is 10.5. The standard InChI is InChI=1S/C17H16N6O2/c1-22-14-10-16(23-19-6-7-20-23)18-11-13(14)21-17(22)12-4-2-3-5-15(12)25-9-8-24/h2-7,10-11,24H,8-9H2,1H3. The molecule has 126 valence electrons. The topological polar surface area (TPSA) is 90.9 Å². The van der Waals surface area contributed by atoms with Crippen molar-refractivity contribution in [2.45, 2.75) is 0 Å². The van der Waals surface area contributed by atoms with Crippen LogP contribution in [0.1, 0.15) is 0 Å². The van der Waals surface area contributed by atoms with Crippen LogP contribution in [-0.2, 0) is 7.05 Å². The molecule has 8 heteroatoms. The van der Waals surface area contributed by atoms with Gasteiger partial charge in [0.2, 0.25) is 0 Å². The molecule has 0 spiro atoms. The molecule has 4 rings (SSSR count). The van der Waals surface area contributed by atoms with E-state index in [9.17, 15) is 0 Å². The van der Waals surface area contributed by atoms with E-state index in [0.717, 1.165) is 22.4 Å². The van der Waals surface area contributed by atoms with E-state index in [1.54, 1.807) is 18.6 Å². The molecule has 25 heavy (non-hydrogen) atoms. The number of imidazole rings is 1. The van der Waals surface area contributed by atoms with Gasteiger partial charge in [-0.2, -0.15) is 10.2 Å². The fraction of sp³-hybridized carbons (Fsp3) is 0.176. The Kier molecular flexibility index (Phi) is 3.87. The van der Waals surface area contributed by atoms with Crippen molar-refractivity contribution in [1.82, 2.24) is 29.5 Å². The second-order valence-electron chi connectivity index (χ2n) is 5.41. The maximum atomic E-state index is 9.01. The highest BCUT2D eigenvalue weighted by atomic mass is 16.5. The number of para-hydroxylation sites is 1. The molecule has 0 aliphatic rings. The Morgan fingerprint density at radius 2 is 1.96 bits per heavy atom. The number of nitrogens with zero attached hydrogens (tertiary/aromatic N) is 6. The van der Waals surface area contributed by atoms with Gasteiger partial charge >= 0.3 is 0 Å². The van der Waals surface area contributed by atoms with E-state index in [4.69, 9.17) is 9.84 Å². The molecule has 3 heterocycles. The smallest absolute Gasteiger partial charge is 0.176 e. The lowest BCUT2D eigenvalue weighted by Gasteiger charge is -2.10. The molecule has 3 aromatic heterocycles. The van der Waals surface area contributed by atoms with Crippen molar-refractivity contribution in [1.29, 1.82) is 0 Å². The molecule has 1 N–H and O–H groups in total. The normalized spacial score (nSPS) is 11.1. The van der Waals surface area contributed by atoms with Crippen LogP contribution >= 0.6 is 0 Å². The second kappa shape index (κ2) is 6.33. The minimum Gasteiger partial charge on any atom is -0.490 e. The minimum absolute atomic E-state index is 0.0406. The van der Waals surface area contributed by atoms with Crippen LogP contribution in [0.15, 0.2) is 48.9 Å². The third kappa shape index (κ3) is 2.72. The molecule has 0 aliphatic carbocycles. The maximum absolute atomic E-state index is 9.01. The van der Waals surface area contributed by atoms with Gasteiger partial charge in [-0.1, -0.05) is 12.1 Å². The first-order valence-corrected chi connectivity index (χ1v) is 7.80. The Hall–Kier alpha value is -3.26. The zero-order valence-electron chi connectivity index (χ0n) is 13.6. The van der Waals surface area contributed by atoms with Crippen LogP contribution in [0, 0.1) is 0 Å². The van der Waals surface area contributed by atoms with Crippen molar-refractivity contribution < 1.29 is 9.84 Å². The van der Waals surface area contributed by atoms with Gasteiger partial charge in [-0.25, -0.2) is 9.97 Å². The summed E-state index contributed by atoms with van der Waals surface area (Å²) < 4.78 is 7.61. The molecule has 0 unspecified atom stereocenters. The summed E-state index contributed by atoms with van der Waals surface area (Å²) in [6, 6.07) is 9.52. The van der Waals surface area contributed by atoms with Crippen molar-refractivity contribution in [2.24, 2.45) is 7.05 Å². The predicted molar refractivity (Wildman–Crippen MR) is 91.4 cm³/mol. The Bertz CT molecular complexity index is 1010. The van der Waals surface area contributed by atoms with Gasteiger partial charge in [0.15, 0.2) is 5.82 Å². The molecular formula is C17H16N6O2. The van der Waals surface area contributed by atoms with Gasteiger partial charge in [-0.3, -0.25) is 0 Å². The van der Waals surface area contributed by atoms with E-state index in [1.165, 1.54) is 4.80 Å². The van der Waals surface area contributed by atoms with Crippen molar-refractivity contribution >= 4 is 11.0 Å². The highest BCUT2D eigenvalue weighted by molar-refractivity contribution is 5.82. The number of benzene rings is 1. The number of aromatic nitrogens is 6. The first kappa shape index (κ1) is 15.3. The summed E-state index contributed by atoms with van der Waals surface area (Å²) in [5.41, 5.74) is 2.54. The third-order valence-electron chi connectivity index (χ3n) is 3.85. The van der Waals surface area contributed by atoms with Crippen LogP contribution in [0.4, 0.5) is 0 Å². The lowest BCUT2D eigenvalue weighted by molar-refractivity contribution is 0.202. The van der Waals surface area contributed by atoms with Crippen molar-refractivity contribution in [3.8, 4) is 23.0 Å². The summed E-state index contributed by atoms with van der Waals surface area (Å²) >= 11 is 0. The van der Waals surface area contributed by atoms with Gasteiger partial charge in [0.25, 0.3) is 0 Å². The van der Waals surface area contributed by atoms with Crippen LogP contribution in [0.5, 0.6) is 5.75 Å². The molecule has 0 bridgehead atoms. The molecule has 0 atom stereocenters. The number of hydrogen-bond donors (Lipinski definition) is 1. The number of aryl methyl sites for hydroxylation is 1. The molecule has 0 radical (unpaired) electrons. The molecule has 0 aliphatic heterocycles. The quantitative estimate of drug-likeness (QED) is 0.595. The van der Waals surface area contributed by atoms with Crippen LogP contribution in [0.25, 0.3) is 28.2 Å². The molecule has 4 aromatic rings. The van der Waals surface area contributed by atoms with Crippen molar-refractivity contribution in [3.63, 3.8) is 0 Å². The predicted octanol–water partition coefficient (Wildman–Crippen LogP) is 1.59. The monoisotopic (exact) mass is 336 g/mol. The first-order chi connectivity index (χ1) is 12.3. The molecule has 8 nitrogen and oxygen atoms in total. The summed E-state index contributed by atoms with van der Waals surface area (Å²) in [6.45, 7) is 0.193. The SMILES string of the molecule is Cn1c(-c2ccccc2OCCO)nc2cnc(-n3nccn3)cc21. The van der Waals surface area contributed by atoms with E-state index in [2.05, 4.69) is 20.2 Å². The lowest BCUT2D eigenvalue weighted by Crippen LogP contribution is -2.04. The lowest BCUT2D eigenvalue weighted by atomic mass is 10.2. The molecule has 0 saturated heterocycles. The zero-order valence-corrected chi connectivity index (χ0v) is 13.6. The van der Waals surface area contributed by atoms with E-state index >= 15 is 0 Å². The Morgan fingerprint density at radius 3 is 2.76 bits per heavy atom. The van der Waals surface area contributed by atoms with Crippen LogP contribution in [0.2, 0.25) is 0 Å². The number of ether oxygens (including phenoxy) is 1. The molecular weight excluding hydrogens is 320 g/mol. The van der Waals surface area contributed by atoms with Gasteiger partial charge < -0.3 is 14.4 Å². The van der Waals surface area contributed by atoms with Crippen LogP contribution in [0.3, 0.4) is 0 Å². The molecule has 0 fully saturated rings. The third-order valence-corrected chi connectivity index (χ3v) is 3.85. The van der Waals surface area contributed by atoms with Crippen molar-refractivity contribution in [3.05, 3.63) is 48.9 Å². The number of pyridine rings is 1. The van der Waals surface area contributed by atoms with E-state index in [1.807, 2.05) is 41.9 Å². The van der Waals surface area contributed by atoms with Crippen molar-refractivity contribution in [2.75, 3.05) is 13.2 Å². The summed E-state index contributed by atoms with van der Waals surface area (Å²) in [5.74, 6) is 2.06. The Morgan fingerprint density at radius 1 is 1.16 bits per heavy atom. The van der Waals surface area contributed by atoms with Crippen LogP contribution in [-0.4, -0.2) is 47.8 Å². The van der Waals surface area contributed by atoms with Crippen LogP contribution < -0.4 is 4.74 Å². The summed E-state index contributed by atoms with van der Waals surface area (Å²) in [6.07, 6.45) is 4.92. The highest BCUT2D eigenvalue weighted by Crippen LogP contribution is 2.31. The summed E-state index contributed by atoms with van der Waals surface area (Å²) in [5, 5.41) is 17.2. The van der Waals surface area contributed by atoms with Gasteiger partial charge in [0.05, 0.1) is 36.3 Å². The fourth-order valence-electron chi connectivity index (χ4n) is 2.70. The van der Waals surface area contributed by atoms with E-state index in [-0.39, 0.29) is 13.2 Å². The number of aliphatic hydroxyl groups excluding tert-OH is 1. The Labute approximate surface area is 143 Å². The first-order valence-electron chi connectivity index (χ1n) is 7.80. The second-order valence-corrected chi connectivity index (χ2v) is 5.41. The molecule has 1 aromatic carbocycles. The Balaban J connectivity index is 1.83. The number of aliphatic hydroxyl groups is 1. The number of hydrogen-bond acceptors (Lipinski definition) is 6. The highest BCUT2D eigenvalue weighted by Gasteiger charge is 2.15. The average Bonchev–Trinajstić information content (AvgIpc) is 3.29.